The van der Waals surface area contributed by atoms with Crippen LogP contribution in [0.5, 0.6) is 5.75 Å². The quantitative estimate of drug-likeness (QED) is 0.647. The van der Waals surface area contributed by atoms with Crippen molar-refractivity contribution in [2.24, 2.45) is 0 Å². The summed E-state index contributed by atoms with van der Waals surface area (Å²) in [7, 11) is 0. The summed E-state index contributed by atoms with van der Waals surface area (Å²) in [6.07, 6.45) is 0. The zero-order chi connectivity index (χ0) is 8.72. The topological polar surface area (TPSA) is 26.3 Å². The molecule has 1 aliphatic rings. The summed E-state index contributed by atoms with van der Waals surface area (Å²) in [6.45, 7) is 0.0649. The van der Waals surface area contributed by atoms with Gasteiger partial charge < -0.3 is 4.74 Å². The SMILES string of the molecule is O=C1COc2c1ccc(Cl)c2Cl. The van der Waals surface area contributed by atoms with E-state index < -0.39 is 0 Å². The molecule has 2 nitrogen and oxygen atoms in total. The van der Waals surface area contributed by atoms with E-state index in [0.29, 0.717) is 21.4 Å². The largest absolute Gasteiger partial charge is 0.483 e. The van der Waals surface area contributed by atoms with Gasteiger partial charge in [-0.3, -0.25) is 4.79 Å². The lowest BCUT2D eigenvalue weighted by molar-refractivity contribution is 0.0961. The lowest BCUT2D eigenvalue weighted by atomic mass is 10.1. The predicted molar refractivity (Wildman–Crippen MR) is 46.3 cm³/mol. The van der Waals surface area contributed by atoms with E-state index in [2.05, 4.69) is 0 Å². The molecule has 0 N–H and O–H groups in total. The standard InChI is InChI=1S/C8H4Cl2O2/c9-5-2-1-4-6(11)3-12-8(4)7(5)10/h1-2H,3H2. The van der Waals surface area contributed by atoms with E-state index in [1.165, 1.54) is 0 Å². The van der Waals surface area contributed by atoms with Crippen molar-refractivity contribution in [3.8, 4) is 5.75 Å². The number of Topliss-reactive ketones (excluding diaryl/α,β-unsaturated/α-hetero) is 1. The maximum Gasteiger partial charge on any atom is 0.203 e. The molecule has 0 spiro atoms. The van der Waals surface area contributed by atoms with Gasteiger partial charge in [0.15, 0.2) is 12.4 Å². The molecular weight excluding hydrogens is 199 g/mol. The van der Waals surface area contributed by atoms with Crippen LogP contribution in [0.4, 0.5) is 0 Å². The minimum atomic E-state index is -0.0523. The first-order valence-electron chi connectivity index (χ1n) is 3.34. The molecular formula is C8H4Cl2O2. The Hall–Kier alpha value is -0.730. The zero-order valence-electron chi connectivity index (χ0n) is 5.93. The van der Waals surface area contributed by atoms with E-state index in [1.54, 1.807) is 12.1 Å². The molecule has 0 atom stereocenters. The molecule has 2 rings (SSSR count). The van der Waals surface area contributed by atoms with E-state index in [9.17, 15) is 4.79 Å². The molecule has 0 bridgehead atoms. The third-order valence-electron chi connectivity index (χ3n) is 1.70. The van der Waals surface area contributed by atoms with Crippen molar-refractivity contribution < 1.29 is 9.53 Å². The second-order valence-electron chi connectivity index (χ2n) is 2.45. The number of ketones is 1. The Kier molecular flexibility index (Phi) is 1.74. The monoisotopic (exact) mass is 202 g/mol. The number of fused-ring (bicyclic) bond motifs is 1. The number of carbonyl (C=O) groups excluding carboxylic acids is 1. The van der Waals surface area contributed by atoms with E-state index in [4.69, 9.17) is 27.9 Å². The smallest absolute Gasteiger partial charge is 0.203 e. The summed E-state index contributed by atoms with van der Waals surface area (Å²) in [4.78, 5) is 11.1. The fraction of sp³-hybridized carbons (Fsp3) is 0.125. The van der Waals surface area contributed by atoms with Gasteiger partial charge >= 0.3 is 0 Å². The van der Waals surface area contributed by atoms with Crippen molar-refractivity contribution in [1.82, 2.24) is 0 Å². The van der Waals surface area contributed by atoms with Gasteiger partial charge in [0.05, 0.1) is 10.6 Å². The van der Waals surface area contributed by atoms with Crippen molar-refractivity contribution >= 4 is 29.0 Å². The normalized spacial score (nSPS) is 14.3. The summed E-state index contributed by atoms with van der Waals surface area (Å²) in [5, 5.41) is 0.727. The molecule has 0 aromatic heterocycles. The average molecular weight is 203 g/mol. The Balaban J connectivity index is 2.68. The van der Waals surface area contributed by atoms with Crippen LogP contribution < -0.4 is 4.74 Å². The number of carbonyl (C=O) groups is 1. The fourth-order valence-corrected chi connectivity index (χ4v) is 1.48. The molecule has 12 heavy (non-hydrogen) atoms. The van der Waals surface area contributed by atoms with Crippen molar-refractivity contribution in [2.45, 2.75) is 0 Å². The van der Waals surface area contributed by atoms with Crippen LogP contribution in [0.2, 0.25) is 10.0 Å². The number of benzene rings is 1. The highest BCUT2D eigenvalue weighted by molar-refractivity contribution is 6.43. The second-order valence-corrected chi connectivity index (χ2v) is 3.24. The van der Waals surface area contributed by atoms with E-state index in [0.717, 1.165) is 0 Å². The maximum absolute atomic E-state index is 11.1. The van der Waals surface area contributed by atoms with Crippen LogP contribution >= 0.6 is 23.2 Å². The first-order valence-corrected chi connectivity index (χ1v) is 4.10. The number of halogens is 2. The molecule has 1 aromatic rings. The highest BCUT2D eigenvalue weighted by atomic mass is 35.5. The van der Waals surface area contributed by atoms with E-state index in [1.807, 2.05) is 0 Å². The molecule has 0 amide bonds. The first-order chi connectivity index (χ1) is 5.70. The van der Waals surface area contributed by atoms with Crippen LogP contribution in [0.15, 0.2) is 12.1 Å². The number of ether oxygens (including phenoxy) is 1. The molecule has 1 aliphatic heterocycles. The van der Waals surface area contributed by atoms with E-state index in [-0.39, 0.29) is 12.4 Å². The molecule has 0 saturated heterocycles. The van der Waals surface area contributed by atoms with Gasteiger partial charge in [-0.1, -0.05) is 23.2 Å². The summed E-state index contributed by atoms with van der Waals surface area (Å²) in [5.74, 6) is 0.359. The minimum Gasteiger partial charge on any atom is -0.483 e. The Morgan fingerprint density at radius 3 is 2.83 bits per heavy atom. The van der Waals surface area contributed by atoms with Crippen molar-refractivity contribution in [3.63, 3.8) is 0 Å². The van der Waals surface area contributed by atoms with Gasteiger partial charge in [-0.15, -0.1) is 0 Å². The molecule has 0 radical (unpaired) electrons. The van der Waals surface area contributed by atoms with Gasteiger partial charge in [0, 0.05) is 0 Å². The number of hydrogen-bond acceptors (Lipinski definition) is 2. The summed E-state index contributed by atoms with van der Waals surface area (Å²) in [6, 6.07) is 3.22. The molecule has 1 aromatic carbocycles. The average Bonchev–Trinajstić information content (AvgIpc) is 2.41. The third kappa shape index (κ3) is 0.993. The fourth-order valence-electron chi connectivity index (χ4n) is 1.11. The number of hydrogen-bond donors (Lipinski definition) is 0. The van der Waals surface area contributed by atoms with Gasteiger partial charge in [-0.25, -0.2) is 0 Å². The lowest BCUT2D eigenvalue weighted by Gasteiger charge is -2.00. The van der Waals surface area contributed by atoms with Crippen molar-refractivity contribution in [3.05, 3.63) is 27.7 Å². The Morgan fingerprint density at radius 2 is 2.08 bits per heavy atom. The molecule has 0 saturated carbocycles. The highest BCUT2D eigenvalue weighted by Gasteiger charge is 2.24. The van der Waals surface area contributed by atoms with Gasteiger partial charge in [-0.05, 0) is 12.1 Å². The van der Waals surface area contributed by atoms with Crippen molar-refractivity contribution in [2.75, 3.05) is 6.61 Å². The van der Waals surface area contributed by atoms with Crippen LogP contribution in [0, 0.1) is 0 Å². The molecule has 62 valence electrons. The molecule has 0 unspecified atom stereocenters. The van der Waals surface area contributed by atoms with Gasteiger partial charge in [-0.2, -0.15) is 0 Å². The van der Waals surface area contributed by atoms with Crippen LogP contribution in [0.1, 0.15) is 10.4 Å². The van der Waals surface area contributed by atoms with Gasteiger partial charge in [0.1, 0.15) is 5.02 Å². The lowest BCUT2D eigenvalue weighted by Crippen LogP contribution is -1.98. The summed E-state index contributed by atoms with van der Waals surface area (Å²) < 4.78 is 5.06. The Labute approximate surface area is 79.0 Å². The summed E-state index contributed by atoms with van der Waals surface area (Å²) in [5.41, 5.74) is 0.518. The first kappa shape index (κ1) is 7.90. The maximum atomic E-state index is 11.1. The number of rotatable bonds is 0. The van der Waals surface area contributed by atoms with Crippen LogP contribution in [0.3, 0.4) is 0 Å². The Bertz CT molecular complexity index is 360. The van der Waals surface area contributed by atoms with Crippen LogP contribution in [0.25, 0.3) is 0 Å². The van der Waals surface area contributed by atoms with Crippen molar-refractivity contribution in [1.29, 1.82) is 0 Å². The van der Waals surface area contributed by atoms with Gasteiger partial charge in [0.2, 0.25) is 5.78 Å². The molecule has 0 fully saturated rings. The third-order valence-corrected chi connectivity index (χ3v) is 2.48. The summed E-state index contributed by atoms with van der Waals surface area (Å²) >= 11 is 11.5. The van der Waals surface area contributed by atoms with Gasteiger partial charge in [0.25, 0.3) is 0 Å². The molecule has 4 heteroatoms. The molecule has 1 heterocycles. The zero-order valence-corrected chi connectivity index (χ0v) is 7.45. The predicted octanol–water partition coefficient (Wildman–Crippen LogP) is 2.57. The minimum absolute atomic E-state index is 0.0523. The molecule has 0 aliphatic carbocycles. The van der Waals surface area contributed by atoms with E-state index >= 15 is 0 Å². The van der Waals surface area contributed by atoms with Crippen LogP contribution in [-0.2, 0) is 0 Å². The Morgan fingerprint density at radius 1 is 1.33 bits per heavy atom. The van der Waals surface area contributed by atoms with Crippen LogP contribution in [-0.4, -0.2) is 12.4 Å². The second kappa shape index (κ2) is 2.64. The highest BCUT2D eigenvalue weighted by Crippen LogP contribution is 2.38.